The number of nitrogens with zero attached hydrogens (tertiary/aromatic N) is 1. The second-order valence-corrected chi connectivity index (χ2v) is 4.87. The number of Topliss-reactive ketones (excluding diaryl/α,β-unsaturated/α-hetero) is 1. The number of hydrogen-bond acceptors (Lipinski definition) is 3. The molecule has 0 saturated carbocycles. The van der Waals surface area contributed by atoms with Gasteiger partial charge in [-0.25, -0.2) is 0 Å². The Morgan fingerprint density at radius 1 is 1.47 bits per heavy atom. The molecule has 1 atom stereocenters. The maximum absolute atomic E-state index is 12.1. The predicted octanol–water partition coefficient (Wildman–Crippen LogP) is 2.38. The van der Waals surface area contributed by atoms with E-state index < -0.39 is 0 Å². The summed E-state index contributed by atoms with van der Waals surface area (Å²) in [6, 6.07) is 1.82. The van der Waals surface area contributed by atoms with Gasteiger partial charge in [0.1, 0.15) is 0 Å². The Kier molecular flexibility index (Phi) is 4.51. The lowest BCUT2D eigenvalue weighted by Crippen LogP contribution is -2.37. The minimum absolute atomic E-state index is 0.00160. The van der Waals surface area contributed by atoms with Crippen LogP contribution in [0.5, 0.6) is 0 Å². The lowest BCUT2D eigenvalue weighted by Gasteiger charge is -2.14. The van der Waals surface area contributed by atoms with E-state index in [1.807, 2.05) is 6.07 Å². The van der Waals surface area contributed by atoms with Crippen molar-refractivity contribution in [2.75, 3.05) is 6.54 Å². The van der Waals surface area contributed by atoms with E-state index in [0.717, 1.165) is 24.9 Å². The first-order valence-corrected chi connectivity index (χ1v) is 6.49. The van der Waals surface area contributed by atoms with Crippen LogP contribution in [0.25, 0.3) is 0 Å². The summed E-state index contributed by atoms with van der Waals surface area (Å²) < 4.78 is 0. The third-order valence-electron chi connectivity index (χ3n) is 3.17. The molecule has 0 spiro atoms. The lowest BCUT2D eigenvalue weighted by atomic mass is 10.0. The molecule has 1 fully saturated rings. The number of pyridine rings is 1. The minimum atomic E-state index is 0.00160. The number of hydrogen-bond donors (Lipinski definition) is 1. The summed E-state index contributed by atoms with van der Waals surface area (Å²) in [5, 5.41) is 3.89. The molecule has 4 heteroatoms. The first kappa shape index (κ1) is 12.5. The maximum atomic E-state index is 12.1. The summed E-state index contributed by atoms with van der Waals surface area (Å²) in [7, 11) is 0. The Labute approximate surface area is 107 Å². The van der Waals surface area contributed by atoms with Gasteiger partial charge in [-0.2, -0.15) is 0 Å². The van der Waals surface area contributed by atoms with Crippen LogP contribution in [0.15, 0.2) is 18.5 Å². The number of ketones is 1. The number of halogens is 1. The normalized spacial score (nSPS) is 20.9. The van der Waals surface area contributed by atoms with Crippen LogP contribution in [0.3, 0.4) is 0 Å². The van der Waals surface area contributed by atoms with Gasteiger partial charge in [-0.3, -0.25) is 9.78 Å². The molecule has 1 aromatic rings. The van der Waals surface area contributed by atoms with Crippen molar-refractivity contribution in [2.45, 2.75) is 38.1 Å². The Hall–Kier alpha value is -0.930. The highest BCUT2D eigenvalue weighted by Crippen LogP contribution is 2.16. The molecule has 0 bridgehead atoms. The topological polar surface area (TPSA) is 42.0 Å². The van der Waals surface area contributed by atoms with Crippen molar-refractivity contribution in [1.29, 1.82) is 0 Å². The SMILES string of the molecule is O=C(Cc1ccncc1Cl)C1CCCCCN1. The van der Waals surface area contributed by atoms with Gasteiger partial charge in [0.2, 0.25) is 0 Å². The molecule has 0 amide bonds. The number of aromatic nitrogens is 1. The summed E-state index contributed by atoms with van der Waals surface area (Å²) in [6.07, 6.45) is 8.13. The molecule has 3 nitrogen and oxygen atoms in total. The largest absolute Gasteiger partial charge is 0.307 e. The Bertz CT molecular complexity index is 387. The zero-order valence-corrected chi connectivity index (χ0v) is 10.5. The zero-order valence-electron chi connectivity index (χ0n) is 9.79. The van der Waals surface area contributed by atoms with Gasteiger partial charge in [0.15, 0.2) is 5.78 Å². The molecular formula is C13H17ClN2O. The van der Waals surface area contributed by atoms with Gasteiger partial charge in [0, 0.05) is 18.8 Å². The van der Waals surface area contributed by atoms with Crippen molar-refractivity contribution in [3.63, 3.8) is 0 Å². The van der Waals surface area contributed by atoms with Crippen molar-refractivity contribution < 1.29 is 4.79 Å². The molecule has 1 N–H and O–H groups in total. The van der Waals surface area contributed by atoms with Crippen molar-refractivity contribution in [1.82, 2.24) is 10.3 Å². The van der Waals surface area contributed by atoms with E-state index in [-0.39, 0.29) is 11.8 Å². The molecule has 0 radical (unpaired) electrons. The summed E-state index contributed by atoms with van der Waals surface area (Å²) in [4.78, 5) is 16.1. The number of carbonyl (C=O) groups is 1. The molecule has 1 aliphatic rings. The molecule has 1 aromatic heterocycles. The molecule has 2 heterocycles. The molecule has 1 aliphatic heterocycles. The molecular weight excluding hydrogens is 236 g/mol. The highest BCUT2D eigenvalue weighted by atomic mass is 35.5. The van der Waals surface area contributed by atoms with Crippen LogP contribution < -0.4 is 5.32 Å². The first-order chi connectivity index (χ1) is 8.27. The van der Waals surface area contributed by atoms with Crippen LogP contribution >= 0.6 is 11.6 Å². The van der Waals surface area contributed by atoms with E-state index in [9.17, 15) is 4.79 Å². The van der Waals surface area contributed by atoms with E-state index in [2.05, 4.69) is 10.3 Å². The summed E-state index contributed by atoms with van der Waals surface area (Å²) in [5.74, 6) is 0.236. The summed E-state index contributed by atoms with van der Waals surface area (Å²) >= 11 is 6.00. The fourth-order valence-corrected chi connectivity index (χ4v) is 2.35. The number of rotatable bonds is 3. The van der Waals surface area contributed by atoms with Crippen molar-refractivity contribution in [3.8, 4) is 0 Å². The third kappa shape index (κ3) is 3.51. The van der Waals surface area contributed by atoms with Gasteiger partial charge >= 0.3 is 0 Å². The second-order valence-electron chi connectivity index (χ2n) is 4.47. The zero-order chi connectivity index (χ0) is 12.1. The van der Waals surface area contributed by atoms with Crippen LogP contribution in [-0.2, 0) is 11.2 Å². The Balaban J connectivity index is 1.98. The lowest BCUT2D eigenvalue weighted by molar-refractivity contribution is -0.120. The molecule has 17 heavy (non-hydrogen) atoms. The summed E-state index contributed by atoms with van der Waals surface area (Å²) in [6.45, 7) is 0.945. The van der Waals surface area contributed by atoms with Gasteiger partial charge in [-0.1, -0.05) is 24.4 Å². The van der Waals surface area contributed by atoms with Gasteiger partial charge in [-0.05, 0) is 31.0 Å². The van der Waals surface area contributed by atoms with Crippen molar-refractivity contribution in [3.05, 3.63) is 29.0 Å². The Morgan fingerprint density at radius 2 is 2.35 bits per heavy atom. The van der Waals surface area contributed by atoms with Crippen molar-refractivity contribution in [2.24, 2.45) is 0 Å². The molecule has 92 valence electrons. The fourth-order valence-electron chi connectivity index (χ4n) is 2.16. The Morgan fingerprint density at radius 3 is 3.18 bits per heavy atom. The molecule has 1 saturated heterocycles. The van der Waals surface area contributed by atoms with E-state index >= 15 is 0 Å². The van der Waals surface area contributed by atoms with Gasteiger partial charge in [-0.15, -0.1) is 0 Å². The van der Waals surface area contributed by atoms with Crippen LogP contribution in [0, 0.1) is 0 Å². The van der Waals surface area contributed by atoms with Crippen LogP contribution in [-0.4, -0.2) is 23.4 Å². The summed E-state index contributed by atoms with van der Waals surface area (Å²) in [5.41, 5.74) is 0.873. The number of carbonyl (C=O) groups excluding carboxylic acids is 1. The van der Waals surface area contributed by atoms with Gasteiger partial charge in [0.25, 0.3) is 0 Å². The van der Waals surface area contributed by atoms with Crippen LogP contribution in [0.1, 0.15) is 31.2 Å². The number of nitrogens with one attached hydrogen (secondary N) is 1. The molecule has 1 unspecified atom stereocenters. The average molecular weight is 253 g/mol. The molecule has 0 aliphatic carbocycles. The maximum Gasteiger partial charge on any atom is 0.154 e. The fraction of sp³-hybridized carbons (Fsp3) is 0.538. The van der Waals surface area contributed by atoms with E-state index in [4.69, 9.17) is 11.6 Å². The van der Waals surface area contributed by atoms with Crippen molar-refractivity contribution >= 4 is 17.4 Å². The minimum Gasteiger partial charge on any atom is -0.307 e. The predicted molar refractivity (Wildman–Crippen MR) is 68.2 cm³/mol. The van der Waals surface area contributed by atoms with Gasteiger partial charge in [0.05, 0.1) is 11.1 Å². The smallest absolute Gasteiger partial charge is 0.154 e. The van der Waals surface area contributed by atoms with Crippen LogP contribution in [0.4, 0.5) is 0 Å². The molecule has 2 rings (SSSR count). The standard InChI is InChI=1S/C13H17ClN2O/c14-11-9-15-7-5-10(11)8-13(17)12-4-2-1-3-6-16-12/h5,7,9,12,16H,1-4,6,8H2. The van der Waals surface area contributed by atoms with Crippen LogP contribution in [0.2, 0.25) is 5.02 Å². The monoisotopic (exact) mass is 252 g/mol. The highest BCUT2D eigenvalue weighted by Gasteiger charge is 2.20. The average Bonchev–Trinajstić information content (AvgIpc) is 2.61. The quantitative estimate of drug-likeness (QED) is 0.898. The second kappa shape index (κ2) is 6.12. The van der Waals surface area contributed by atoms with E-state index in [1.54, 1.807) is 12.4 Å². The van der Waals surface area contributed by atoms with Gasteiger partial charge < -0.3 is 5.32 Å². The highest BCUT2D eigenvalue weighted by molar-refractivity contribution is 6.31. The molecule has 0 aromatic carbocycles. The van der Waals surface area contributed by atoms with E-state index in [0.29, 0.717) is 11.4 Å². The first-order valence-electron chi connectivity index (χ1n) is 6.12. The van der Waals surface area contributed by atoms with E-state index in [1.165, 1.54) is 12.8 Å². The third-order valence-corrected chi connectivity index (χ3v) is 3.51.